The van der Waals surface area contributed by atoms with E-state index < -0.39 is 0 Å². The minimum Gasteiger partial charge on any atom is -0.464 e. The maximum atomic E-state index is 5.27. The van der Waals surface area contributed by atoms with Crippen LogP contribution in [0.25, 0.3) is 6.08 Å². The molecule has 2 heterocycles. The molecule has 2 nitrogen and oxygen atoms in total. The maximum absolute atomic E-state index is 5.27. The summed E-state index contributed by atoms with van der Waals surface area (Å²) >= 11 is 0. The molecule has 0 amide bonds. The second-order valence-electron chi connectivity index (χ2n) is 2.22. The van der Waals surface area contributed by atoms with Crippen LogP contribution >= 0.6 is 0 Å². The van der Waals surface area contributed by atoms with Crippen molar-refractivity contribution in [2.45, 2.75) is 0 Å². The smallest absolute Gasteiger partial charge is 0.136 e. The molecule has 0 bridgehead atoms. The van der Waals surface area contributed by atoms with Crippen LogP contribution in [0.3, 0.4) is 0 Å². The summed E-state index contributed by atoms with van der Waals surface area (Å²) in [5, 5.41) is 0. The first-order chi connectivity index (χ1) is 5.47. The number of hydrogen-bond acceptors (Lipinski definition) is 2. The molecule has 0 saturated carbocycles. The molecule has 0 N–H and O–H groups in total. The van der Waals surface area contributed by atoms with Crippen molar-refractivity contribution in [1.29, 1.82) is 0 Å². The molecule has 1 aromatic heterocycles. The fourth-order valence-corrected chi connectivity index (χ4v) is 0.944. The number of allylic oxidation sites excluding steroid dienone is 2. The second-order valence-corrected chi connectivity index (χ2v) is 2.22. The van der Waals surface area contributed by atoms with E-state index in [9.17, 15) is 0 Å². The van der Waals surface area contributed by atoms with Crippen molar-refractivity contribution >= 4 is 6.08 Å². The maximum Gasteiger partial charge on any atom is 0.136 e. The molecule has 11 heavy (non-hydrogen) atoms. The molecule has 0 unspecified atom stereocenters. The number of fused-ring (bicyclic) bond motifs is 1. The Morgan fingerprint density at radius 3 is 3.27 bits per heavy atom. The molecule has 1 aliphatic rings. The highest BCUT2D eigenvalue weighted by Crippen LogP contribution is 2.19. The van der Waals surface area contributed by atoms with Crippen molar-refractivity contribution < 1.29 is 4.74 Å². The van der Waals surface area contributed by atoms with E-state index in [4.69, 9.17) is 4.74 Å². The highest BCUT2D eigenvalue weighted by molar-refractivity contribution is 5.58. The molecule has 0 aliphatic carbocycles. The Hall–Kier alpha value is -1.57. The van der Waals surface area contributed by atoms with Gasteiger partial charge in [-0.1, -0.05) is 6.08 Å². The van der Waals surface area contributed by atoms with E-state index in [-0.39, 0.29) is 0 Å². The van der Waals surface area contributed by atoms with Crippen molar-refractivity contribution in [3.05, 3.63) is 42.4 Å². The summed E-state index contributed by atoms with van der Waals surface area (Å²) in [7, 11) is 0. The third kappa shape index (κ3) is 1.15. The zero-order chi connectivity index (χ0) is 7.52. The molecule has 0 radical (unpaired) electrons. The molecule has 0 fully saturated rings. The van der Waals surface area contributed by atoms with E-state index in [1.807, 2.05) is 24.3 Å². The van der Waals surface area contributed by atoms with Crippen LogP contribution in [0.15, 0.2) is 36.9 Å². The average Bonchev–Trinajstić information content (AvgIpc) is 2.28. The van der Waals surface area contributed by atoms with Gasteiger partial charge in [-0.05, 0) is 18.2 Å². The van der Waals surface area contributed by atoms with Crippen LogP contribution in [0.2, 0.25) is 0 Å². The van der Waals surface area contributed by atoms with Gasteiger partial charge in [0.1, 0.15) is 5.75 Å². The molecule has 0 spiro atoms. The predicted molar refractivity (Wildman–Crippen MR) is 43.0 cm³/mol. The van der Waals surface area contributed by atoms with Crippen LogP contribution in [-0.2, 0) is 0 Å². The zero-order valence-corrected chi connectivity index (χ0v) is 5.90. The van der Waals surface area contributed by atoms with Crippen LogP contribution in [0.5, 0.6) is 5.75 Å². The van der Waals surface area contributed by atoms with Gasteiger partial charge in [0.05, 0.1) is 6.26 Å². The van der Waals surface area contributed by atoms with Crippen molar-refractivity contribution in [1.82, 2.24) is 4.98 Å². The minimum absolute atomic E-state index is 0.852. The van der Waals surface area contributed by atoms with Gasteiger partial charge in [0.15, 0.2) is 0 Å². The lowest BCUT2D eigenvalue weighted by Crippen LogP contribution is -1.84. The number of rotatable bonds is 0. The van der Waals surface area contributed by atoms with Gasteiger partial charge in [0.2, 0.25) is 0 Å². The van der Waals surface area contributed by atoms with Crippen LogP contribution < -0.4 is 4.74 Å². The Bertz CT molecular complexity index is 315. The summed E-state index contributed by atoms with van der Waals surface area (Å²) in [5.41, 5.74) is 1.01. The van der Waals surface area contributed by atoms with E-state index in [0.29, 0.717) is 0 Å². The zero-order valence-electron chi connectivity index (χ0n) is 5.90. The Balaban J connectivity index is 2.52. The lowest BCUT2D eigenvalue weighted by atomic mass is 10.2. The van der Waals surface area contributed by atoms with Crippen LogP contribution in [0.1, 0.15) is 5.56 Å². The fourth-order valence-electron chi connectivity index (χ4n) is 0.944. The van der Waals surface area contributed by atoms with Gasteiger partial charge < -0.3 is 4.74 Å². The molecular formula is C9H7NO. The first-order valence-corrected chi connectivity index (χ1v) is 3.41. The van der Waals surface area contributed by atoms with Crippen LogP contribution in [-0.4, -0.2) is 4.98 Å². The second kappa shape index (κ2) is 2.58. The lowest BCUT2D eigenvalue weighted by Gasteiger charge is -2.00. The Morgan fingerprint density at radius 2 is 2.27 bits per heavy atom. The number of hydrogen-bond donors (Lipinski definition) is 0. The van der Waals surface area contributed by atoms with Gasteiger partial charge in [-0.25, -0.2) is 0 Å². The normalized spacial score (nSPS) is 13.5. The standard InChI is InChI=1S/C9H7NO/c1-2-6-11-9-4-5-10-7-8(9)3-1/h1-7H. The first kappa shape index (κ1) is 6.16. The molecular weight excluding hydrogens is 138 g/mol. The molecule has 2 heteroatoms. The summed E-state index contributed by atoms with van der Waals surface area (Å²) < 4.78 is 5.27. The topological polar surface area (TPSA) is 22.1 Å². The van der Waals surface area contributed by atoms with Crippen LogP contribution in [0.4, 0.5) is 0 Å². The van der Waals surface area contributed by atoms with Gasteiger partial charge >= 0.3 is 0 Å². The number of nitrogens with zero attached hydrogens (tertiary/aromatic N) is 1. The summed E-state index contributed by atoms with van der Waals surface area (Å²) in [4.78, 5) is 3.98. The molecule has 1 aromatic rings. The molecule has 0 saturated heterocycles. The number of aromatic nitrogens is 1. The number of ether oxygens (including phenoxy) is 1. The van der Waals surface area contributed by atoms with Crippen molar-refractivity contribution in [3.63, 3.8) is 0 Å². The third-order valence-corrected chi connectivity index (χ3v) is 1.47. The minimum atomic E-state index is 0.852. The third-order valence-electron chi connectivity index (χ3n) is 1.47. The average molecular weight is 145 g/mol. The Kier molecular flexibility index (Phi) is 1.44. The Labute approximate surface area is 64.8 Å². The summed E-state index contributed by atoms with van der Waals surface area (Å²) in [6.45, 7) is 0. The summed E-state index contributed by atoms with van der Waals surface area (Å²) in [6.07, 6.45) is 10.9. The molecule has 0 aromatic carbocycles. The van der Waals surface area contributed by atoms with E-state index in [0.717, 1.165) is 11.3 Å². The fraction of sp³-hybridized carbons (Fsp3) is 0. The van der Waals surface area contributed by atoms with Crippen molar-refractivity contribution in [3.8, 4) is 5.75 Å². The van der Waals surface area contributed by atoms with E-state index >= 15 is 0 Å². The predicted octanol–water partition coefficient (Wildman–Crippen LogP) is 2.00. The summed E-state index contributed by atoms with van der Waals surface area (Å²) in [5.74, 6) is 0.852. The first-order valence-electron chi connectivity index (χ1n) is 3.41. The van der Waals surface area contributed by atoms with Gasteiger partial charge in [-0.2, -0.15) is 0 Å². The van der Waals surface area contributed by atoms with E-state index in [1.54, 1.807) is 18.7 Å². The Morgan fingerprint density at radius 1 is 1.27 bits per heavy atom. The lowest BCUT2D eigenvalue weighted by molar-refractivity contribution is 0.480. The quantitative estimate of drug-likeness (QED) is 0.557. The van der Waals surface area contributed by atoms with Gasteiger partial charge in [-0.15, -0.1) is 0 Å². The van der Waals surface area contributed by atoms with Gasteiger partial charge in [-0.3, -0.25) is 4.98 Å². The van der Waals surface area contributed by atoms with Gasteiger partial charge in [0, 0.05) is 18.0 Å². The highest BCUT2D eigenvalue weighted by atomic mass is 16.5. The highest BCUT2D eigenvalue weighted by Gasteiger charge is 1.98. The number of pyridine rings is 1. The van der Waals surface area contributed by atoms with Crippen LogP contribution in [0, 0.1) is 0 Å². The molecule has 1 aliphatic heterocycles. The van der Waals surface area contributed by atoms with Crippen molar-refractivity contribution in [2.24, 2.45) is 0 Å². The largest absolute Gasteiger partial charge is 0.464 e. The molecule has 2 rings (SSSR count). The molecule has 0 atom stereocenters. The monoisotopic (exact) mass is 145 g/mol. The van der Waals surface area contributed by atoms with E-state index in [2.05, 4.69) is 4.98 Å². The van der Waals surface area contributed by atoms with Crippen molar-refractivity contribution in [2.75, 3.05) is 0 Å². The molecule has 54 valence electrons. The van der Waals surface area contributed by atoms with E-state index in [1.165, 1.54) is 0 Å². The SMILES string of the molecule is C1=COc2ccncc2C=C1. The summed E-state index contributed by atoms with van der Waals surface area (Å²) in [6, 6.07) is 1.84. The van der Waals surface area contributed by atoms with Gasteiger partial charge in [0.25, 0.3) is 0 Å².